The molecule has 32 heavy (non-hydrogen) atoms. The summed E-state index contributed by atoms with van der Waals surface area (Å²) in [6.07, 6.45) is 0. The Balaban J connectivity index is -0.0000000288. The van der Waals surface area contributed by atoms with Crippen LogP contribution in [0.1, 0.15) is 21.0 Å². The van der Waals surface area contributed by atoms with Crippen LogP contribution in [0.5, 0.6) is 0 Å². The van der Waals surface area contributed by atoms with E-state index in [0.29, 0.717) is 12.1 Å². The first-order chi connectivity index (χ1) is 10.2. The number of carbonyl (C=O) groups is 2. The first kappa shape index (κ1) is 63.1. The molecule has 20 nitrogen and oxygen atoms in total. The van der Waals surface area contributed by atoms with Gasteiger partial charge in [0.2, 0.25) is 0 Å². The van der Waals surface area contributed by atoms with Gasteiger partial charge in [-0.1, -0.05) is 0 Å². The summed E-state index contributed by atoms with van der Waals surface area (Å²) >= 11 is 0. The van der Waals surface area contributed by atoms with Crippen LogP contribution >= 0.6 is 0 Å². The van der Waals surface area contributed by atoms with Crippen LogP contribution < -0.4 is 55.0 Å². The molecule has 0 atom stereocenters. The van der Waals surface area contributed by atoms with Gasteiger partial charge in [0.1, 0.15) is 0 Å². The molecule has 2 aromatic rings. The number of carboxylic acid groups (broad SMARTS) is 2. The van der Waals surface area contributed by atoms with Gasteiger partial charge < -0.3 is 84.9 Å². The topological polar surface area (TPSA) is 473 Å². The molecule has 0 aliphatic carbocycles. The van der Waals surface area contributed by atoms with Crippen molar-refractivity contribution in [3.8, 4) is 0 Å². The molecular weight excluding hydrogens is 653 g/mol. The van der Waals surface area contributed by atoms with Crippen LogP contribution in [0.25, 0.3) is 0 Å². The number of aromatic amines is 2. The Morgan fingerprint density at radius 2 is 0.875 bits per heavy atom. The van der Waals surface area contributed by atoms with Crippen LogP contribution in [0.4, 0.5) is 0 Å². The molecule has 180 valence electrons. The number of aromatic carboxylic acids is 2. The smallest absolute Gasteiger partial charge is 0.545 e. The van der Waals surface area contributed by atoms with Crippen LogP contribution in [0.2, 0.25) is 0 Å². The van der Waals surface area contributed by atoms with Crippen molar-refractivity contribution in [3.05, 3.63) is 65.2 Å². The van der Waals surface area contributed by atoms with Crippen molar-refractivity contribution in [2.45, 2.75) is 0 Å². The van der Waals surface area contributed by atoms with E-state index in [9.17, 15) is 39.0 Å². The zero-order valence-corrected chi connectivity index (χ0v) is 24.5. The molecular formula is C10H26Cd2N6O14+4. The molecule has 0 aliphatic rings. The molecule has 0 aromatic carbocycles. The third-order valence-corrected chi connectivity index (χ3v) is 1.86. The first-order valence-electron chi connectivity index (χ1n) is 5.18. The van der Waals surface area contributed by atoms with Gasteiger partial charge >= 0.3 is 54.6 Å². The number of nitrogens with zero attached hydrogens (tertiary/aromatic N) is 2. The van der Waals surface area contributed by atoms with Crippen molar-refractivity contribution in [2.24, 2.45) is 0 Å². The normalized spacial score (nSPS) is 6.50. The quantitative estimate of drug-likeness (QED) is 0.170. The van der Waals surface area contributed by atoms with Gasteiger partial charge in [-0.25, -0.2) is 0 Å². The predicted molar refractivity (Wildman–Crippen MR) is 98.7 cm³/mol. The monoisotopic (exact) mass is 682 g/mol. The van der Waals surface area contributed by atoms with Gasteiger partial charge in [0.05, 0.1) is 11.9 Å². The fourth-order valence-corrected chi connectivity index (χ4v) is 1.08. The van der Waals surface area contributed by atoms with E-state index in [4.69, 9.17) is 0 Å². The maximum absolute atomic E-state index is 10.4. The van der Waals surface area contributed by atoms with Crippen molar-refractivity contribution in [1.29, 1.82) is 0 Å². The van der Waals surface area contributed by atoms with Gasteiger partial charge in [-0.3, -0.25) is 19.2 Å². The Labute approximate surface area is 215 Å². The second-order valence-electron chi connectivity index (χ2n) is 3.45. The number of hydrogen-bond donors (Lipinski definition) is 4. The third-order valence-electron chi connectivity index (χ3n) is 1.86. The summed E-state index contributed by atoms with van der Waals surface area (Å²) < 4.78 is 0. The maximum Gasteiger partial charge on any atom is 2.00 e. The molecule has 2 rings (SSSR count). The average Bonchev–Trinajstić information content (AvgIpc) is 2.37. The number of hydrogen-bond acceptors (Lipinski definition) is 10. The molecule has 0 spiro atoms. The number of carboxylic acids is 2. The Hall–Kier alpha value is -2.18. The van der Waals surface area contributed by atoms with E-state index >= 15 is 0 Å². The molecule has 0 aliphatic heterocycles. The largest absolute Gasteiger partial charge is 2.00 e. The fraction of sp³-hybridized carbons (Fsp3) is 0. The number of carbonyl (C=O) groups excluding carboxylic acids is 2. The second kappa shape index (κ2) is 28.8. The minimum Gasteiger partial charge on any atom is -0.545 e. The third kappa shape index (κ3) is 22.5. The molecule has 0 unspecified atom stereocenters. The van der Waals surface area contributed by atoms with Gasteiger partial charge in [-0.2, -0.15) is 0 Å². The van der Waals surface area contributed by atoms with Crippen molar-refractivity contribution < 1.29 is 107 Å². The van der Waals surface area contributed by atoms with Crippen molar-refractivity contribution in [3.63, 3.8) is 0 Å². The van der Waals surface area contributed by atoms with E-state index in [1.807, 2.05) is 0 Å². The maximum atomic E-state index is 10.4. The van der Waals surface area contributed by atoms with E-state index in [0.717, 1.165) is 0 Å². The average molecular weight is 679 g/mol. The van der Waals surface area contributed by atoms with Crippen LogP contribution in [-0.2, 0) is 76.5 Å². The Bertz CT molecular complexity index is 820. The predicted octanol–water partition coefficient (Wildman–Crippen LogP) is -10.9. The van der Waals surface area contributed by atoms with Crippen molar-refractivity contribution >= 4 is 11.9 Å². The zero-order chi connectivity index (χ0) is 16.9. The first-order valence-corrected chi connectivity index (χ1v) is 5.18. The van der Waals surface area contributed by atoms with Gasteiger partial charge in [-0.15, -0.1) is 0 Å². The molecule has 0 amide bonds. The molecule has 0 fully saturated rings. The van der Waals surface area contributed by atoms with Gasteiger partial charge in [-0.05, 0) is 23.5 Å². The van der Waals surface area contributed by atoms with Crippen LogP contribution in [0.15, 0.2) is 31.3 Å². The molecule has 0 bridgehead atoms. The summed E-state index contributed by atoms with van der Waals surface area (Å²) in [6, 6.07) is 1.35. The van der Waals surface area contributed by atoms with Crippen LogP contribution in [0, 0.1) is 0 Å². The molecule has 24 N–H and O–H groups in total. The Morgan fingerprint density at radius 3 is 1.03 bits per heavy atom. The number of rotatable bonds is 2. The molecule has 22 heteroatoms. The van der Waals surface area contributed by atoms with Crippen molar-refractivity contribution in [1.82, 2.24) is 32.2 Å². The van der Waals surface area contributed by atoms with Crippen LogP contribution in [0.3, 0.4) is 0 Å². The van der Waals surface area contributed by atoms with Gasteiger partial charge in [0.25, 0.3) is 0 Å². The Morgan fingerprint density at radius 1 is 0.656 bits per heavy atom. The number of aromatic nitrogens is 4. The summed E-state index contributed by atoms with van der Waals surface area (Å²) in [5.74, 6) is -3.29. The standard InChI is InChI=1S/2C5H4N2O4.2Cd.2H3N.6H2O/c2*8-3-1-2(4(9)10)6-5(11)7-3;;;;;;;;;;/h2*1H,(H3,6,7,8,9,10,11);;;2*1H3;6*1H2/q;;2*+2;;;;;;;;. The molecule has 2 heterocycles. The minimum absolute atomic E-state index is 0. The SMILES string of the molecule is N.N.O.O.O=C([O-])c1cc(=O)[nH]c(=O)[n-]1.O=C([O-])c1cc(=O)[nH]c(=O)[n-]1.[Cd+2].[Cd+2].[OH3+].[OH3+].[OH3+].[OH3+]. The summed E-state index contributed by atoms with van der Waals surface area (Å²) in [4.78, 5) is 71.1. The second-order valence-corrected chi connectivity index (χ2v) is 3.45. The molecule has 0 saturated heterocycles. The minimum atomic E-state index is -1.65. The summed E-state index contributed by atoms with van der Waals surface area (Å²) in [7, 11) is 0. The fourth-order valence-electron chi connectivity index (χ4n) is 1.08. The van der Waals surface area contributed by atoms with Gasteiger partial charge in [0, 0.05) is 0 Å². The van der Waals surface area contributed by atoms with Crippen molar-refractivity contribution in [2.75, 3.05) is 0 Å². The van der Waals surface area contributed by atoms with E-state index in [2.05, 4.69) is 9.97 Å². The van der Waals surface area contributed by atoms with E-state index in [-0.39, 0.29) is 99.8 Å². The molecule has 2 aromatic heterocycles. The molecule has 0 radical (unpaired) electrons. The van der Waals surface area contributed by atoms with E-state index in [1.54, 1.807) is 9.97 Å². The Kier molecular flexibility index (Phi) is 56.8. The summed E-state index contributed by atoms with van der Waals surface area (Å²) in [5.41, 5.74) is -4.89. The van der Waals surface area contributed by atoms with Crippen LogP contribution in [-0.4, -0.2) is 32.9 Å². The summed E-state index contributed by atoms with van der Waals surface area (Å²) in [6.45, 7) is 0. The van der Waals surface area contributed by atoms with Gasteiger partial charge in [0.15, 0.2) is 22.5 Å². The number of H-pyrrole nitrogens is 2. The number of nitrogens with one attached hydrogen (secondary N) is 2. The summed E-state index contributed by atoms with van der Waals surface area (Å²) in [5, 5.41) is 20.1. The van der Waals surface area contributed by atoms with E-state index < -0.39 is 45.8 Å². The van der Waals surface area contributed by atoms with E-state index in [1.165, 1.54) is 0 Å². The zero-order valence-electron chi connectivity index (χ0n) is 16.5. The molecule has 0 saturated carbocycles.